The van der Waals surface area contributed by atoms with Crippen molar-refractivity contribution in [3.8, 4) is 23.8 Å². The van der Waals surface area contributed by atoms with Crippen LogP contribution in [0.25, 0.3) is 6.08 Å². The van der Waals surface area contributed by atoms with Gasteiger partial charge in [-0.1, -0.05) is 103 Å². The first-order valence-corrected chi connectivity index (χ1v) is 16.8. The normalized spacial score (nSPS) is 14.2. The minimum atomic E-state index is -0.740. The van der Waals surface area contributed by atoms with Crippen LogP contribution in [0.3, 0.4) is 0 Å². The molecule has 1 aliphatic rings. The fraction of sp³-hybridized carbons (Fsp3) is 0.158. The molecule has 1 N–H and O–H groups in total. The van der Waals surface area contributed by atoms with Gasteiger partial charge in [-0.25, -0.2) is 0 Å². The van der Waals surface area contributed by atoms with E-state index in [1.54, 1.807) is 43.4 Å². The van der Waals surface area contributed by atoms with E-state index < -0.39 is 17.9 Å². The number of benzene rings is 3. The highest BCUT2D eigenvalue weighted by atomic mass is 79.9. The van der Waals surface area contributed by atoms with Gasteiger partial charge in [0.1, 0.15) is 12.2 Å². The van der Waals surface area contributed by atoms with E-state index in [1.807, 2.05) is 67.6 Å². The third-order valence-electron chi connectivity index (χ3n) is 6.86. The molecule has 0 saturated heterocycles. The largest absolute Gasteiger partial charge is 0.490 e. The summed E-state index contributed by atoms with van der Waals surface area (Å²) < 4.78 is 11.9. The lowest BCUT2D eigenvalue weighted by molar-refractivity contribution is -0.126. The van der Waals surface area contributed by atoms with Crippen molar-refractivity contribution >= 4 is 56.7 Å². The van der Waals surface area contributed by atoms with Crippen molar-refractivity contribution in [3.05, 3.63) is 136 Å². The number of aliphatic imine (C=N–C) groups is 1. The highest BCUT2D eigenvalue weighted by molar-refractivity contribution is 9.10. The summed E-state index contributed by atoms with van der Waals surface area (Å²) >= 11 is 4.47. The number of hydrogen-bond donors (Lipinski definition) is 1. The van der Waals surface area contributed by atoms with Gasteiger partial charge in [0.25, 0.3) is 11.8 Å². The number of nitrogens with zero attached hydrogens (tertiary/aromatic N) is 2. The summed E-state index contributed by atoms with van der Waals surface area (Å²) in [5.41, 5.74) is 2.61. The van der Waals surface area contributed by atoms with Crippen LogP contribution in [0, 0.1) is 12.3 Å². The number of carbonyl (C=O) groups excluding carboxylic acids is 3. The van der Waals surface area contributed by atoms with E-state index in [1.165, 1.54) is 11.0 Å². The average molecular weight is 725 g/mol. The molecule has 1 heterocycles. The standard InChI is InChI=1S/C38H34BrN3O5S/c1-5-9-20-29(7-3)42-37(45)30(22-26-23-31(39)35(47-21-6-2)32(24-26)46-8-4)36(44)41-38(42)48-25-33(43)40-34(27-16-12-10-13-17-27)28-18-14-11-15-19-28/h2,5,7,9-20,22-24,34H,1,8,21,25H2,3-4H3,(H,40,43)/b20-9-,29-7+,30-22+. The maximum Gasteiger partial charge on any atom is 0.285 e. The molecule has 0 fully saturated rings. The van der Waals surface area contributed by atoms with Gasteiger partial charge in [-0.2, -0.15) is 4.99 Å². The molecule has 0 bridgehead atoms. The molecular weight excluding hydrogens is 690 g/mol. The van der Waals surface area contributed by atoms with Crippen LogP contribution in [0.1, 0.15) is 36.6 Å². The van der Waals surface area contributed by atoms with E-state index in [-0.39, 0.29) is 29.0 Å². The van der Waals surface area contributed by atoms with E-state index >= 15 is 0 Å². The van der Waals surface area contributed by atoms with Gasteiger partial charge in [-0.05, 0) is 70.8 Å². The smallest absolute Gasteiger partial charge is 0.285 e. The number of hydrogen-bond acceptors (Lipinski definition) is 6. The lowest BCUT2D eigenvalue weighted by Crippen LogP contribution is -2.42. The fourth-order valence-electron chi connectivity index (χ4n) is 4.75. The summed E-state index contributed by atoms with van der Waals surface area (Å²) in [6, 6.07) is 22.2. The van der Waals surface area contributed by atoms with Crippen LogP contribution in [0.5, 0.6) is 11.5 Å². The van der Waals surface area contributed by atoms with Gasteiger partial charge in [0.2, 0.25) is 5.91 Å². The first-order chi connectivity index (χ1) is 23.3. The lowest BCUT2D eigenvalue weighted by Gasteiger charge is -2.28. The Hall–Kier alpha value is -5.11. The first-order valence-electron chi connectivity index (χ1n) is 15.0. The molecule has 8 nitrogen and oxygen atoms in total. The van der Waals surface area contributed by atoms with Crippen molar-refractivity contribution < 1.29 is 23.9 Å². The lowest BCUT2D eigenvalue weighted by atomic mass is 9.99. The highest BCUT2D eigenvalue weighted by Gasteiger charge is 2.35. The number of ether oxygens (including phenoxy) is 2. The van der Waals surface area contributed by atoms with Crippen LogP contribution in [0.2, 0.25) is 0 Å². The Labute approximate surface area is 293 Å². The molecule has 4 rings (SSSR count). The minimum absolute atomic E-state index is 0.0295. The van der Waals surface area contributed by atoms with Crippen molar-refractivity contribution in [2.24, 2.45) is 4.99 Å². The minimum Gasteiger partial charge on any atom is -0.490 e. The summed E-state index contributed by atoms with van der Waals surface area (Å²) in [4.78, 5) is 46.5. The second kappa shape index (κ2) is 17.7. The number of carbonyl (C=O) groups is 3. The van der Waals surface area contributed by atoms with E-state index in [9.17, 15) is 14.4 Å². The molecule has 3 aromatic rings. The zero-order valence-corrected chi connectivity index (χ0v) is 28.9. The molecule has 10 heteroatoms. The van der Waals surface area contributed by atoms with Crippen LogP contribution < -0.4 is 14.8 Å². The molecular formula is C38H34BrN3O5S. The van der Waals surface area contributed by atoms with Crippen LogP contribution in [-0.2, 0) is 14.4 Å². The molecule has 0 spiro atoms. The number of nitrogens with one attached hydrogen (secondary N) is 1. The Morgan fingerprint density at radius 3 is 2.35 bits per heavy atom. The maximum absolute atomic E-state index is 14.1. The molecule has 0 aromatic heterocycles. The molecule has 0 atom stereocenters. The van der Waals surface area contributed by atoms with Crippen molar-refractivity contribution in [2.75, 3.05) is 19.0 Å². The molecule has 48 heavy (non-hydrogen) atoms. The fourth-order valence-corrected chi connectivity index (χ4v) is 6.13. The predicted octanol–water partition coefficient (Wildman–Crippen LogP) is 7.25. The number of thioether (sulfide) groups is 1. The van der Waals surface area contributed by atoms with Crippen molar-refractivity contribution in [3.63, 3.8) is 0 Å². The number of terminal acetylenes is 1. The Morgan fingerprint density at radius 2 is 1.77 bits per heavy atom. The summed E-state index contributed by atoms with van der Waals surface area (Å²) in [5, 5.41) is 3.16. The molecule has 3 aromatic carbocycles. The quantitative estimate of drug-likeness (QED) is 0.0864. The zero-order chi connectivity index (χ0) is 34.5. The second-order valence-electron chi connectivity index (χ2n) is 10.1. The maximum atomic E-state index is 14.1. The number of halogens is 1. The third kappa shape index (κ3) is 9.03. The second-order valence-corrected chi connectivity index (χ2v) is 11.9. The van der Waals surface area contributed by atoms with Gasteiger partial charge in [0.15, 0.2) is 16.7 Å². The van der Waals surface area contributed by atoms with E-state index in [0.717, 1.165) is 22.9 Å². The molecule has 0 unspecified atom stereocenters. The first kappa shape index (κ1) is 35.7. The van der Waals surface area contributed by atoms with Gasteiger partial charge in [-0.3, -0.25) is 19.3 Å². The summed E-state index contributed by atoms with van der Waals surface area (Å²) in [6.07, 6.45) is 13.4. The van der Waals surface area contributed by atoms with E-state index in [0.29, 0.717) is 33.8 Å². The summed E-state index contributed by atoms with van der Waals surface area (Å²) in [5.74, 6) is 1.47. The van der Waals surface area contributed by atoms with Crippen LogP contribution in [-0.4, -0.2) is 46.8 Å². The van der Waals surface area contributed by atoms with Gasteiger partial charge in [0, 0.05) is 5.70 Å². The van der Waals surface area contributed by atoms with Crippen LogP contribution >= 0.6 is 27.7 Å². The monoisotopic (exact) mass is 723 g/mol. The Morgan fingerprint density at radius 1 is 1.10 bits per heavy atom. The SMILES string of the molecule is C#CCOc1c(Br)cc(/C=C2\C(=O)N=C(SCC(=O)NC(c3ccccc3)c3ccccc3)N(C(/C=C\C=C)=C/C)C2=O)cc1OCC. The summed E-state index contributed by atoms with van der Waals surface area (Å²) in [7, 11) is 0. The highest BCUT2D eigenvalue weighted by Crippen LogP contribution is 2.38. The average Bonchev–Trinajstić information content (AvgIpc) is 3.09. The number of amidine groups is 1. The van der Waals surface area contributed by atoms with Crippen molar-refractivity contribution in [1.82, 2.24) is 10.2 Å². The Kier molecular flexibility index (Phi) is 13.2. The predicted molar refractivity (Wildman–Crippen MR) is 195 cm³/mol. The molecule has 0 aliphatic carbocycles. The molecule has 0 radical (unpaired) electrons. The topological polar surface area (TPSA) is 97.3 Å². The van der Waals surface area contributed by atoms with E-state index in [2.05, 4.69) is 38.7 Å². The van der Waals surface area contributed by atoms with Crippen molar-refractivity contribution in [1.29, 1.82) is 0 Å². The van der Waals surface area contributed by atoms with Crippen molar-refractivity contribution in [2.45, 2.75) is 19.9 Å². The van der Waals surface area contributed by atoms with Crippen LogP contribution in [0.4, 0.5) is 0 Å². The third-order valence-corrected chi connectivity index (χ3v) is 8.38. The van der Waals surface area contributed by atoms with Gasteiger partial charge in [0.05, 0.1) is 22.9 Å². The number of allylic oxidation sites excluding steroid dienone is 4. The molecule has 3 amide bonds. The molecule has 1 aliphatic heterocycles. The molecule has 0 saturated carbocycles. The summed E-state index contributed by atoms with van der Waals surface area (Å²) in [6.45, 7) is 7.68. The Balaban J connectivity index is 1.65. The van der Waals surface area contributed by atoms with Crippen LogP contribution in [0.15, 0.2) is 124 Å². The molecule has 244 valence electrons. The van der Waals surface area contributed by atoms with E-state index in [4.69, 9.17) is 15.9 Å². The number of amides is 3. The van der Waals surface area contributed by atoms with Gasteiger partial charge < -0.3 is 14.8 Å². The van der Waals surface area contributed by atoms with Gasteiger partial charge in [-0.15, -0.1) is 6.42 Å². The Bertz CT molecular complexity index is 1790. The zero-order valence-electron chi connectivity index (χ0n) is 26.5. The van der Waals surface area contributed by atoms with Gasteiger partial charge >= 0.3 is 0 Å². The number of rotatable bonds is 13.